The number of benzene rings is 1. The van der Waals surface area contributed by atoms with Crippen LogP contribution in [0.25, 0.3) is 0 Å². The van der Waals surface area contributed by atoms with E-state index >= 15 is 0 Å². The van der Waals surface area contributed by atoms with Gasteiger partial charge in [-0.15, -0.1) is 0 Å². The molecule has 0 atom stereocenters. The van der Waals surface area contributed by atoms with E-state index in [4.69, 9.17) is 9.47 Å². The Morgan fingerprint density at radius 2 is 1.78 bits per heavy atom. The average Bonchev–Trinajstić information content (AvgIpc) is 2.53. The predicted octanol–water partition coefficient (Wildman–Crippen LogP) is 3.80. The molecule has 0 bridgehead atoms. The lowest BCUT2D eigenvalue weighted by Gasteiger charge is -2.29. The van der Waals surface area contributed by atoms with Gasteiger partial charge in [-0.3, -0.25) is 0 Å². The molecule has 1 aromatic rings. The number of nitrogens with one attached hydrogen (secondary N) is 1. The van der Waals surface area contributed by atoms with Crippen LogP contribution in [0.15, 0.2) is 30.3 Å². The second kappa shape index (κ2) is 8.19. The maximum atomic E-state index is 12.1. The van der Waals surface area contributed by atoms with Gasteiger partial charge in [-0.05, 0) is 31.2 Å². The summed E-state index contributed by atoms with van der Waals surface area (Å²) in [5.74, 6) is 0. The van der Waals surface area contributed by atoms with Crippen molar-refractivity contribution in [3.63, 3.8) is 0 Å². The molecule has 0 saturated heterocycles. The number of carbonyl (C=O) groups is 1. The van der Waals surface area contributed by atoms with Gasteiger partial charge in [-0.25, -0.2) is 4.79 Å². The van der Waals surface area contributed by atoms with E-state index in [1.54, 1.807) is 0 Å². The van der Waals surface area contributed by atoms with Crippen LogP contribution in [0.4, 0.5) is 18.0 Å². The summed E-state index contributed by atoms with van der Waals surface area (Å²) in [6.07, 6.45) is -3.02. The number of hydrogen-bond acceptors (Lipinski definition) is 3. The predicted molar refractivity (Wildman–Crippen MR) is 77.8 cm³/mol. The first-order valence-electron chi connectivity index (χ1n) is 7.58. The minimum Gasteiger partial charge on any atom is -0.445 e. The molecule has 23 heavy (non-hydrogen) atoms. The van der Waals surface area contributed by atoms with E-state index in [2.05, 4.69) is 5.32 Å². The maximum Gasteiger partial charge on any atom is 0.411 e. The lowest BCUT2D eigenvalue weighted by molar-refractivity contribution is -0.188. The van der Waals surface area contributed by atoms with Crippen molar-refractivity contribution in [1.29, 1.82) is 0 Å². The lowest BCUT2D eigenvalue weighted by atomic mass is 9.93. The molecule has 2 rings (SSSR count). The summed E-state index contributed by atoms with van der Waals surface area (Å²) in [6.45, 7) is -1.02. The molecule has 1 fully saturated rings. The van der Waals surface area contributed by atoms with Crippen molar-refractivity contribution in [2.75, 3.05) is 6.61 Å². The summed E-state index contributed by atoms with van der Waals surface area (Å²) in [5, 5.41) is 2.74. The molecule has 7 heteroatoms. The molecule has 0 radical (unpaired) electrons. The van der Waals surface area contributed by atoms with Crippen molar-refractivity contribution in [3.05, 3.63) is 35.9 Å². The van der Waals surface area contributed by atoms with E-state index in [0.29, 0.717) is 25.7 Å². The number of rotatable bonds is 5. The molecular formula is C16H20F3NO3. The van der Waals surface area contributed by atoms with Crippen LogP contribution in [-0.4, -0.2) is 31.0 Å². The fraction of sp³-hybridized carbons (Fsp3) is 0.562. The monoisotopic (exact) mass is 331 g/mol. The van der Waals surface area contributed by atoms with Gasteiger partial charge >= 0.3 is 12.3 Å². The highest BCUT2D eigenvalue weighted by atomic mass is 19.4. The van der Waals surface area contributed by atoms with Crippen LogP contribution in [0.2, 0.25) is 0 Å². The molecular weight excluding hydrogens is 311 g/mol. The summed E-state index contributed by atoms with van der Waals surface area (Å²) >= 11 is 0. The Morgan fingerprint density at radius 1 is 1.13 bits per heavy atom. The fourth-order valence-corrected chi connectivity index (χ4v) is 2.52. The third-order valence-corrected chi connectivity index (χ3v) is 3.69. The molecule has 1 N–H and O–H groups in total. The molecule has 0 aromatic heterocycles. The molecule has 0 spiro atoms. The summed E-state index contributed by atoms with van der Waals surface area (Å²) in [4.78, 5) is 11.7. The molecule has 0 unspecified atom stereocenters. The zero-order chi connectivity index (χ0) is 16.7. The van der Waals surface area contributed by atoms with Crippen molar-refractivity contribution in [1.82, 2.24) is 5.32 Å². The smallest absolute Gasteiger partial charge is 0.411 e. The molecule has 1 aliphatic carbocycles. The zero-order valence-electron chi connectivity index (χ0n) is 12.6. The highest BCUT2D eigenvalue weighted by Crippen LogP contribution is 2.24. The minimum atomic E-state index is -4.30. The first-order valence-corrected chi connectivity index (χ1v) is 7.58. The Hall–Kier alpha value is -1.76. The third-order valence-electron chi connectivity index (χ3n) is 3.69. The van der Waals surface area contributed by atoms with Crippen molar-refractivity contribution in [2.45, 2.75) is 50.6 Å². The molecule has 0 aliphatic heterocycles. The second-order valence-corrected chi connectivity index (χ2v) is 5.61. The standard InChI is InChI=1S/C16H20F3NO3/c17-16(18,19)11-23-14-8-6-13(7-9-14)20-15(21)22-10-12-4-2-1-3-5-12/h1-5,13-14H,6-11H2,(H,20,21). The lowest BCUT2D eigenvalue weighted by Crippen LogP contribution is -2.39. The van der Waals surface area contributed by atoms with E-state index in [1.807, 2.05) is 30.3 Å². The fourth-order valence-electron chi connectivity index (χ4n) is 2.52. The Kier molecular flexibility index (Phi) is 6.27. The molecule has 1 saturated carbocycles. The third kappa shape index (κ3) is 6.90. The number of carbonyl (C=O) groups excluding carboxylic acids is 1. The van der Waals surface area contributed by atoms with Crippen LogP contribution in [0.3, 0.4) is 0 Å². The molecule has 4 nitrogen and oxygen atoms in total. The minimum absolute atomic E-state index is 0.0796. The average molecular weight is 331 g/mol. The summed E-state index contributed by atoms with van der Waals surface area (Å²) in [5.41, 5.74) is 0.895. The van der Waals surface area contributed by atoms with E-state index in [-0.39, 0.29) is 12.6 Å². The number of amides is 1. The number of ether oxygens (including phenoxy) is 2. The van der Waals surface area contributed by atoms with Crippen LogP contribution in [0, 0.1) is 0 Å². The van der Waals surface area contributed by atoms with E-state index in [9.17, 15) is 18.0 Å². The van der Waals surface area contributed by atoms with Gasteiger partial charge in [0.25, 0.3) is 0 Å². The van der Waals surface area contributed by atoms with Crippen LogP contribution in [0.1, 0.15) is 31.2 Å². The topological polar surface area (TPSA) is 47.6 Å². The van der Waals surface area contributed by atoms with Crippen LogP contribution in [0.5, 0.6) is 0 Å². The van der Waals surface area contributed by atoms with Gasteiger partial charge < -0.3 is 14.8 Å². The Labute approximate surface area is 133 Å². The number of alkyl halides is 3. The molecule has 128 valence electrons. The highest BCUT2D eigenvalue weighted by Gasteiger charge is 2.31. The van der Waals surface area contributed by atoms with E-state index < -0.39 is 25.0 Å². The van der Waals surface area contributed by atoms with Crippen molar-refractivity contribution in [3.8, 4) is 0 Å². The van der Waals surface area contributed by atoms with Gasteiger partial charge in [0.15, 0.2) is 0 Å². The van der Waals surface area contributed by atoms with Gasteiger partial charge in [0.2, 0.25) is 0 Å². The van der Waals surface area contributed by atoms with Crippen LogP contribution >= 0.6 is 0 Å². The number of alkyl carbamates (subject to hydrolysis) is 1. The van der Waals surface area contributed by atoms with Gasteiger partial charge in [0.1, 0.15) is 13.2 Å². The quantitative estimate of drug-likeness (QED) is 0.893. The van der Waals surface area contributed by atoms with Crippen molar-refractivity contribution < 1.29 is 27.4 Å². The summed E-state index contributed by atoms with van der Waals surface area (Å²) in [7, 11) is 0. The normalized spacial score (nSPS) is 21.7. The van der Waals surface area contributed by atoms with Crippen molar-refractivity contribution in [2.24, 2.45) is 0 Å². The van der Waals surface area contributed by atoms with Gasteiger partial charge in [0.05, 0.1) is 6.10 Å². The molecule has 1 aliphatic rings. The van der Waals surface area contributed by atoms with Crippen molar-refractivity contribution >= 4 is 6.09 Å². The Morgan fingerprint density at radius 3 is 2.39 bits per heavy atom. The summed E-state index contributed by atoms with van der Waals surface area (Å²) < 4.78 is 46.2. The number of hydrogen-bond donors (Lipinski definition) is 1. The first kappa shape index (κ1) is 17.6. The van der Waals surface area contributed by atoms with Gasteiger partial charge in [-0.2, -0.15) is 13.2 Å². The molecule has 1 amide bonds. The molecule has 0 heterocycles. The van der Waals surface area contributed by atoms with Gasteiger partial charge in [-0.1, -0.05) is 30.3 Å². The summed E-state index contributed by atoms with van der Waals surface area (Å²) in [6, 6.07) is 9.23. The van der Waals surface area contributed by atoms with Crippen LogP contribution in [-0.2, 0) is 16.1 Å². The SMILES string of the molecule is O=C(NC1CCC(OCC(F)(F)F)CC1)OCc1ccccc1. The maximum absolute atomic E-state index is 12.1. The van der Waals surface area contributed by atoms with Gasteiger partial charge in [0, 0.05) is 6.04 Å². The largest absolute Gasteiger partial charge is 0.445 e. The second-order valence-electron chi connectivity index (χ2n) is 5.61. The highest BCUT2D eigenvalue weighted by molar-refractivity contribution is 5.67. The van der Waals surface area contributed by atoms with E-state index in [1.165, 1.54) is 0 Å². The first-order chi connectivity index (χ1) is 10.9. The van der Waals surface area contributed by atoms with Crippen LogP contribution < -0.4 is 5.32 Å². The Bertz CT molecular complexity index is 485. The molecule has 1 aromatic carbocycles. The zero-order valence-corrected chi connectivity index (χ0v) is 12.6. The van der Waals surface area contributed by atoms with E-state index in [0.717, 1.165) is 5.56 Å². The number of halogens is 3. The Balaban J connectivity index is 1.63.